The van der Waals surface area contributed by atoms with Crippen LogP contribution in [0, 0.1) is 0 Å². The van der Waals surface area contributed by atoms with Crippen molar-refractivity contribution in [2.75, 3.05) is 0 Å². The number of fused-ring (bicyclic) bond motifs is 8. The van der Waals surface area contributed by atoms with Crippen LogP contribution in [0.3, 0.4) is 0 Å². The van der Waals surface area contributed by atoms with Gasteiger partial charge in [-0.25, -0.2) is 0 Å². The molecule has 0 amide bonds. The SMILES string of the molecule is CCCc1ccc2c(c1)c1cc(CC)ccc1n2-c1ccc(-c2ccc3c(c2)c2ccccc2n3-c2ccc(-c3c4ccccc4c(-c4ccccc4)c4ccccc34)cc2)cc1. The molecule has 10 aromatic carbocycles. The fourth-order valence-corrected chi connectivity index (χ4v) is 10.4. The Morgan fingerprint density at radius 2 is 0.714 bits per heavy atom. The van der Waals surface area contributed by atoms with E-state index >= 15 is 0 Å². The van der Waals surface area contributed by atoms with E-state index in [0.717, 1.165) is 24.9 Å². The molecule has 0 unspecified atom stereocenters. The van der Waals surface area contributed by atoms with Gasteiger partial charge in [-0.1, -0.05) is 160 Å². The molecule has 0 N–H and O–H groups in total. The van der Waals surface area contributed by atoms with Gasteiger partial charge >= 0.3 is 0 Å². The fraction of sp³-hybridized carbons (Fsp3) is 0.0820. The number of aryl methyl sites for hydroxylation is 2. The topological polar surface area (TPSA) is 9.86 Å². The molecule has 2 aromatic heterocycles. The molecule has 0 bridgehead atoms. The van der Waals surface area contributed by atoms with E-state index in [1.807, 2.05) is 0 Å². The molecule has 0 saturated carbocycles. The summed E-state index contributed by atoms with van der Waals surface area (Å²) in [5, 5.41) is 10.3. The van der Waals surface area contributed by atoms with Crippen LogP contribution in [0.5, 0.6) is 0 Å². The standard InChI is InChI=1S/C61H46N2/c1-3-14-41-24-35-58-54(38-41)53-37-40(4-2)23-34-57(53)63(58)46-30-25-42(26-31-46)45-29-36-59-55(39-45)48-17-12-13-22-56(48)62(59)47-32-27-44(28-33-47)61-51-20-10-8-18-49(51)60(43-15-6-5-7-16-43)50-19-9-11-21-52(50)61/h5-13,15-39H,3-4,14H2,1-2H3. The molecule has 63 heavy (non-hydrogen) atoms. The van der Waals surface area contributed by atoms with Gasteiger partial charge in [0.15, 0.2) is 0 Å². The molecule has 12 rings (SSSR count). The summed E-state index contributed by atoms with van der Waals surface area (Å²) in [5.41, 5.74) is 17.5. The predicted octanol–water partition coefficient (Wildman–Crippen LogP) is 16.7. The van der Waals surface area contributed by atoms with E-state index < -0.39 is 0 Å². The predicted molar refractivity (Wildman–Crippen MR) is 270 cm³/mol. The molecule has 300 valence electrons. The Morgan fingerprint density at radius 3 is 1.27 bits per heavy atom. The van der Waals surface area contributed by atoms with E-state index in [9.17, 15) is 0 Å². The van der Waals surface area contributed by atoms with Gasteiger partial charge in [-0.05, 0) is 146 Å². The molecule has 0 atom stereocenters. The average molecular weight is 807 g/mol. The lowest BCUT2D eigenvalue weighted by Gasteiger charge is -2.18. The zero-order valence-corrected chi connectivity index (χ0v) is 35.6. The van der Waals surface area contributed by atoms with Gasteiger partial charge in [0.05, 0.1) is 22.1 Å². The van der Waals surface area contributed by atoms with Gasteiger partial charge in [-0.3, -0.25) is 0 Å². The highest BCUT2D eigenvalue weighted by Crippen LogP contribution is 2.44. The monoisotopic (exact) mass is 806 g/mol. The van der Waals surface area contributed by atoms with E-state index in [0.29, 0.717) is 0 Å². The number of para-hydroxylation sites is 1. The number of benzene rings is 10. The molecular formula is C61H46N2. The molecule has 2 nitrogen and oxygen atoms in total. The Bertz CT molecular complexity index is 3640. The van der Waals surface area contributed by atoms with Crippen LogP contribution in [0.25, 0.3) is 110 Å². The molecule has 12 aromatic rings. The normalized spacial score (nSPS) is 11.8. The third-order valence-electron chi connectivity index (χ3n) is 13.4. The van der Waals surface area contributed by atoms with Crippen molar-refractivity contribution in [2.24, 2.45) is 0 Å². The number of aromatic nitrogens is 2. The number of rotatable bonds is 8. The van der Waals surface area contributed by atoms with Crippen LogP contribution in [0.1, 0.15) is 31.4 Å². The van der Waals surface area contributed by atoms with Crippen LogP contribution >= 0.6 is 0 Å². The van der Waals surface area contributed by atoms with Crippen molar-refractivity contribution in [3.05, 3.63) is 217 Å². The molecular weight excluding hydrogens is 761 g/mol. The largest absolute Gasteiger partial charge is 0.309 e. The second-order valence-electron chi connectivity index (χ2n) is 17.0. The summed E-state index contributed by atoms with van der Waals surface area (Å²) in [6.45, 7) is 4.50. The molecule has 0 aliphatic rings. The molecule has 0 aliphatic carbocycles. The van der Waals surface area contributed by atoms with Crippen LogP contribution in [-0.4, -0.2) is 9.13 Å². The van der Waals surface area contributed by atoms with Crippen molar-refractivity contribution >= 4 is 65.2 Å². The Hall–Kier alpha value is -7.68. The van der Waals surface area contributed by atoms with Gasteiger partial charge in [0, 0.05) is 32.9 Å². The Balaban J connectivity index is 0.937. The smallest absolute Gasteiger partial charge is 0.0541 e. The molecule has 2 heteroatoms. The summed E-state index contributed by atoms with van der Waals surface area (Å²) in [4.78, 5) is 0. The maximum Gasteiger partial charge on any atom is 0.0541 e. The molecule has 0 fully saturated rings. The summed E-state index contributed by atoms with van der Waals surface area (Å²) in [6.07, 6.45) is 3.27. The zero-order valence-electron chi connectivity index (χ0n) is 35.6. The highest BCUT2D eigenvalue weighted by Gasteiger charge is 2.19. The summed E-state index contributed by atoms with van der Waals surface area (Å²) in [6, 6.07) is 76.8. The highest BCUT2D eigenvalue weighted by molar-refractivity contribution is 6.21. The number of hydrogen-bond acceptors (Lipinski definition) is 0. The Labute approximate surface area is 367 Å². The minimum Gasteiger partial charge on any atom is -0.309 e. The van der Waals surface area contributed by atoms with Crippen LogP contribution in [0.2, 0.25) is 0 Å². The van der Waals surface area contributed by atoms with E-state index in [1.54, 1.807) is 0 Å². The first-order valence-electron chi connectivity index (χ1n) is 22.5. The van der Waals surface area contributed by atoms with E-state index in [2.05, 4.69) is 229 Å². The van der Waals surface area contributed by atoms with E-state index in [-0.39, 0.29) is 0 Å². The first-order chi connectivity index (χ1) is 31.2. The van der Waals surface area contributed by atoms with Crippen molar-refractivity contribution in [1.29, 1.82) is 0 Å². The van der Waals surface area contributed by atoms with Crippen LogP contribution in [-0.2, 0) is 12.8 Å². The summed E-state index contributed by atoms with van der Waals surface area (Å²) in [7, 11) is 0. The maximum absolute atomic E-state index is 2.44. The summed E-state index contributed by atoms with van der Waals surface area (Å²) >= 11 is 0. The lowest BCUT2D eigenvalue weighted by molar-refractivity contribution is 0.923. The minimum atomic E-state index is 1.03. The van der Waals surface area contributed by atoms with Crippen molar-refractivity contribution < 1.29 is 0 Å². The van der Waals surface area contributed by atoms with E-state index in [1.165, 1.54) is 115 Å². The van der Waals surface area contributed by atoms with Gasteiger partial charge in [0.25, 0.3) is 0 Å². The summed E-state index contributed by atoms with van der Waals surface area (Å²) in [5.74, 6) is 0. The fourth-order valence-electron chi connectivity index (χ4n) is 10.4. The Kier molecular flexibility index (Phi) is 8.86. The lowest BCUT2D eigenvalue weighted by atomic mass is 9.86. The van der Waals surface area contributed by atoms with Crippen LogP contribution in [0.15, 0.2) is 206 Å². The summed E-state index contributed by atoms with van der Waals surface area (Å²) < 4.78 is 4.87. The number of hydrogen-bond donors (Lipinski definition) is 0. The first kappa shape index (κ1) is 37.1. The molecule has 0 saturated heterocycles. The maximum atomic E-state index is 2.44. The van der Waals surface area contributed by atoms with Crippen LogP contribution < -0.4 is 0 Å². The lowest BCUT2D eigenvalue weighted by Crippen LogP contribution is -1.95. The van der Waals surface area contributed by atoms with Crippen molar-refractivity contribution in [1.82, 2.24) is 9.13 Å². The first-order valence-corrected chi connectivity index (χ1v) is 22.5. The van der Waals surface area contributed by atoms with Crippen molar-refractivity contribution in [3.8, 4) is 44.8 Å². The van der Waals surface area contributed by atoms with Crippen molar-refractivity contribution in [2.45, 2.75) is 33.1 Å². The third kappa shape index (κ3) is 6.01. The Morgan fingerprint density at radius 1 is 0.302 bits per heavy atom. The van der Waals surface area contributed by atoms with Gasteiger partial charge in [0.1, 0.15) is 0 Å². The van der Waals surface area contributed by atoms with Gasteiger partial charge in [0.2, 0.25) is 0 Å². The molecule has 0 spiro atoms. The second-order valence-corrected chi connectivity index (χ2v) is 17.0. The minimum absolute atomic E-state index is 1.03. The van der Waals surface area contributed by atoms with Gasteiger partial charge < -0.3 is 9.13 Å². The third-order valence-corrected chi connectivity index (χ3v) is 13.4. The van der Waals surface area contributed by atoms with E-state index in [4.69, 9.17) is 0 Å². The zero-order chi connectivity index (χ0) is 42.0. The quantitative estimate of drug-likeness (QED) is 0.135. The average Bonchev–Trinajstić information content (AvgIpc) is 3.85. The second kappa shape index (κ2) is 15.0. The number of nitrogens with zero attached hydrogens (tertiary/aromatic N) is 2. The molecule has 0 radical (unpaired) electrons. The highest BCUT2D eigenvalue weighted by atomic mass is 15.0. The molecule has 2 heterocycles. The van der Waals surface area contributed by atoms with Crippen LogP contribution in [0.4, 0.5) is 0 Å². The van der Waals surface area contributed by atoms with Gasteiger partial charge in [-0.2, -0.15) is 0 Å². The van der Waals surface area contributed by atoms with Gasteiger partial charge in [-0.15, -0.1) is 0 Å². The molecule has 0 aliphatic heterocycles. The van der Waals surface area contributed by atoms with Crippen molar-refractivity contribution in [3.63, 3.8) is 0 Å².